The van der Waals surface area contributed by atoms with E-state index in [-0.39, 0.29) is 11.9 Å². The molecule has 3 rings (SSSR count). The number of aryl methyl sites for hydroxylation is 2. The fourth-order valence-corrected chi connectivity index (χ4v) is 3.85. The van der Waals surface area contributed by atoms with E-state index in [0.29, 0.717) is 12.2 Å². The van der Waals surface area contributed by atoms with Crippen molar-refractivity contribution in [1.82, 2.24) is 24.5 Å². The van der Waals surface area contributed by atoms with E-state index in [9.17, 15) is 4.79 Å². The minimum absolute atomic E-state index is 0.178. The lowest BCUT2D eigenvalue weighted by Gasteiger charge is -2.21. The zero-order chi connectivity index (χ0) is 18.0. The van der Waals surface area contributed by atoms with E-state index in [1.54, 1.807) is 4.52 Å². The van der Waals surface area contributed by atoms with Gasteiger partial charge in [0, 0.05) is 30.0 Å². The van der Waals surface area contributed by atoms with Crippen LogP contribution in [0.2, 0.25) is 0 Å². The van der Waals surface area contributed by atoms with Crippen LogP contribution in [0.15, 0.2) is 0 Å². The molecule has 1 aliphatic heterocycles. The quantitative estimate of drug-likeness (QED) is 0.919. The number of carbonyl (C=O) groups is 1. The maximum atomic E-state index is 12.9. The standard InChI is InChI=1S/C18H28N6O/c1-4-6-14-7-5-9-23(10-8-14)16(25)11-15-12(2)20-18-21-17(19)22-24(18)13(15)3/h14H,4-11H2,1-3H3,(H2,19,22). The molecule has 2 N–H and O–H groups in total. The van der Waals surface area contributed by atoms with Crippen molar-refractivity contribution in [3.63, 3.8) is 0 Å². The number of fused-ring (bicyclic) bond motifs is 1. The number of carbonyl (C=O) groups excluding carboxylic acids is 1. The number of nitrogen functional groups attached to an aromatic ring is 1. The monoisotopic (exact) mass is 344 g/mol. The van der Waals surface area contributed by atoms with Gasteiger partial charge < -0.3 is 10.6 Å². The van der Waals surface area contributed by atoms with Gasteiger partial charge in [0.05, 0.1) is 6.42 Å². The summed E-state index contributed by atoms with van der Waals surface area (Å²) in [6.45, 7) is 7.83. The van der Waals surface area contributed by atoms with Gasteiger partial charge in [0.25, 0.3) is 5.78 Å². The van der Waals surface area contributed by atoms with Gasteiger partial charge in [-0.2, -0.15) is 9.50 Å². The second kappa shape index (κ2) is 7.37. The smallest absolute Gasteiger partial charge is 0.254 e. The Morgan fingerprint density at radius 2 is 2.04 bits per heavy atom. The van der Waals surface area contributed by atoms with Gasteiger partial charge in [-0.05, 0) is 39.0 Å². The van der Waals surface area contributed by atoms with Gasteiger partial charge >= 0.3 is 0 Å². The van der Waals surface area contributed by atoms with Crippen LogP contribution >= 0.6 is 0 Å². The maximum Gasteiger partial charge on any atom is 0.254 e. The van der Waals surface area contributed by atoms with Crippen molar-refractivity contribution in [3.05, 3.63) is 17.0 Å². The van der Waals surface area contributed by atoms with Crippen LogP contribution < -0.4 is 5.73 Å². The third kappa shape index (κ3) is 3.75. The molecule has 3 heterocycles. The number of nitrogens with two attached hydrogens (primary N) is 1. The van der Waals surface area contributed by atoms with E-state index >= 15 is 0 Å². The van der Waals surface area contributed by atoms with Crippen LogP contribution in [0.4, 0.5) is 5.95 Å². The number of nitrogens with zero attached hydrogens (tertiary/aromatic N) is 5. The highest BCUT2D eigenvalue weighted by Gasteiger charge is 2.22. The van der Waals surface area contributed by atoms with Gasteiger partial charge in [-0.15, -0.1) is 5.10 Å². The Kier molecular flexibility index (Phi) is 5.20. The molecule has 1 saturated heterocycles. The molecule has 0 aliphatic carbocycles. The Bertz CT molecular complexity index is 769. The number of amides is 1. The van der Waals surface area contributed by atoms with Crippen molar-refractivity contribution in [2.75, 3.05) is 18.8 Å². The number of aromatic nitrogens is 4. The number of hydrogen-bond donors (Lipinski definition) is 1. The van der Waals surface area contributed by atoms with E-state index in [1.807, 2.05) is 18.7 Å². The van der Waals surface area contributed by atoms with Crippen molar-refractivity contribution in [2.24, 2.45) is 5.92 Å². The van der Waals surface area contributed by atoms with Crippen LogP contribution in [0, 0.1) is 19.8 Å². The van der Waals surface area contributed by atoms with Gasteiger partial charge in [-0.25, -0.2) is 4.98 Å². The zero-order valence-electron chi connectivity index (χ0n) is 15.5. The molecule has 1 unspecified atom stereocenters. The molecule has 25 heavy (non-hydrogen) atoms. The average molecular weight is 344 g/mol. The normalized spacial score (nSPS) is 18.5. The lowest BCUT2D eigenvalue weighted by molar-refractivity contribution is -0.130. The highest BCUT2D eigenvalue weighted by molar-refractivity contribution is 5.79. The molecule has 2 aromatic heterocycles. The Morgan fingerprint density at radius 3 is 2.80 bits per heavy atom. The summed E-state index contributed by atoms with van der Waals surface area (Å²) in [6, 6.07) is 0. The van der Waals surface area contributed by atoms with Gasteiger partial charge in [0.15, 0.2) is 0 Å². The molecule has 136 valence electrons. The number of hydrogen-bond acceptors (Lipinski definition) is 5. The first-order chi connectivity index (χ1) is 12.0. The van der Waals surface area contributed by atoms with Crippen molar-refractivity contribution in [3.8, 4) is 0 Å². The predicted octanol–water partition coefficient (Wildman–Crippen LogP) is 2.29. The molecule has 1 aliphatic rings. The van der Waals surface area contributed by atoms with Gasteiger partial charge in [0.2, 0.25) is 11.9 Å². The summed E-state index contributed by atoms with van der Waals surface area (Å²) in [5, 5.41) is 4.18. The van der Waals surface area contributed by atoms with Gasteiger partial charge in [0.1, 0.15) is 0 Å². The summed E-state index contributed by atoms with van der Waals surface area (Å²) in [5.41, 5.74) is 8.31. The summed E-state index contributed by atoms with van der Waals surface area (Å²) in [5.74, 6) is 1.63. The summed E-state index contributed by atoms with van der Waals surface area (Å²) in [7, 11) is 0. The highest BCUT2D eigenvalue weighted by Crippen LogP contribution is 2.23. The van der Waals surface area contributed by atoms with E-state index in [0.717, 1.165) is 48.8 Å². The summed E-state index contributed by atoms with van der Waals surface area (Å²) in [6.07, 6.45) is 6.32. The summed E-state index contributed by atoms with van der Waals surface area (Å²) in [4.78, 5) is 23.4. The zero-order valence-corrected chi connectivity index (χ0v) is 15.5. The molecule has 0 radical (unpaired) electrons. The maximum absolute atomic E-state index is 12.9. The van der Waals surface area contributed by atoms with Gasteiger partial charge in [-0.1, -0.05) is 19.8 Å². The minimum Gasteiger partial charge on any atom is -0.366 e. The lowest BCUT2D eigenvalue weighted by atomic mass is 9.96. The fraction of sp³-hybridized carbons (Fsp3) is 0.667. The van der Waals surface area contributed by atoms with E-state index in [2.05, 4.69) is 22.0 Å². The molecule has 1 atom stereocenters. The summed E-state index contributed by atoms with van der Waals surface area (Å²) >= 11 is 0. The second-order valence-electron chi connectivity index (χ2n) is 7.09. The number of likely N-dealkylation sites (tertiary alicyclic amines) is 1. The van der Waals surface area contributed by atoms with Crippen molar-refractivity contribution < 1.29 is 4.79 Å². The fourth-order valence-electron chi connectivity index (χ4n) is 3.85. The SMILES string of the molecule is CCCC1CCCN(C(=O)Cc2c(C)nc3nc(N)nn3c2C)CC1. The highest BCUT2D eigenvalue weighted by atomic mass is 16.2. The second-order valence-corrected chi connectivity index (χ2v) is 7.09. The van der Waals surface area contributed by atoms with Crippen molar-refractivity contribution in [1.29, 1.82) is 0 Å². The molecule has 7 nitrogen and oxygen atoms in total. The lowest BCUT2D eigenvalue weighted by Crippen LogP contribution is -2.33. The van der Waals surface area contributed by atoms with E-state index in [4.69, 9.17) is 5.73 Å². The molecule has 0 aromatic carbocycles. The summed E-state index contributed by atoms with van der Waals surface area (Å²) < 4.78 is 1.63. The van der Waals surface area contributed by atoms with E-state index < -0.39 is 0 Å². The Hall–Kier alpha value is -2.18. The first-order valence-electron chi connectivity index (χ1n) is 9.25. The van der Waals surface area contributed by atoms with Crippen LogP contribution in [0.3, 0.4) is 0 Å². The first-order valence-corrected chi connectivity index (χ1v) is 9.25. The number of anilines is 1. The largest absolute Gasteiger partial charge is 0.366 e. The molecule has 2 aromatic rings. The van der Waals surface area contributed by atoms with E-state index in [1.165, 1.54) is 19.3 Å². The van der Waals surface area contributed by atoms with Crippen LogP contribution in [0.25, 0.3) is 5.78 Å². The van der Waals surface area contributed by atoms with Crippen molar-refractivity contribution in [2.45, 2.75) is 59.3 Å². The van der Waals surface area contributed by atoms with Crippen molar-refractivity contribution >= 4 is 17.6 Å². The molecule has 7 heteroatoms. The third-order valence-corrected chi connectivity index (χ3v) is 5.29. The average Bonchev–Trinajstić information content (AvgIpc) is 2.79. The molecular formula is C18H28N6O. The van der Waals surface area contributed by atoms with Crippen LogP contribution in [-0.4, -0.2) is 43.5 Å². The molecule has 0 saturated carbocycles. The molecule has 1 fully saturated rings. The number of rotatable bonds is 4. The Labute approximate surface area is 148 Å². The Balaban J connectivity index is 1.75. The minimum atomic E-state index is 0.178. The van der Waals surface area contributed by atoms with Crippen LogP contribution in [-0.2, 0) is 11.2 Å². The molecule has 1 amide bonds. The van der Waals surface area contributed by atoms with Crippen LogP contribution in [0.1, 0.15) is 56.0 Å². The topological polar surface area (TPSA) is 89.4 Å². The third-order valence-electron chi connectivity index (χ3n) is 5.29. The molecule has 0 spiro atoms. The van der Waals surface area contributed by atoms with Gasteiger partial charge in [-0.3, -0.25) is 4.79 Å². The predicted molar refractivity (Wildman–Crippen MR) is 97.2 cm³/mol. The first kappa shape index (κ1) is 17.6. The molecule has 0 bridgehead atoms. The molecular weight excluding hydrogens is 316 g/mol. The van der Waals surface area contributed by atoms with Crippen LogP contribution in [0.5, 0.6) is 0 Å². The Morgan fingerprint density at radius 1 is 1.24 bits per heavy atom.